The summed E-state index contributed by atoms with van der Waals surface area (Å²) in [6, 6.07) is 14.5. The topological polar surface area (TPSA) is 126 Å². The van der Waals surface area contributed by atoms with Crippen LogP contribution in [0.5, 0.6) is 0 Å². The van der Waals surface area contributed by atoms with E-state index >= 15 is 0 Å². The molecule has 1 saturated carbocycles. The molecule has 2 aromatic carbocycles. The molecule has 1 N–H and O–H groups in total. The van der Waals surface area contributed by atoms with Crippen LogP contribution in [0.4, 0.5) is 5.69 Å². The molecule has 0 radical (unpaired) electrons. The Morgan fingerprint density at radius 3 is 2.33 bits per heavy atom. The molecule has 10 nitrogen and oxygen atoms in total. The first-order valence-corrected chi connectivity index (χ1v) is 16.3. The molecule has 3 heterocycles. The van der Waals surface area contributed by atoms with Crippen molar-refractivity contribution in [1.82, 2.24) is 14.2 Å². The van der Waals surface area contributed by atoms with Crippen molar-refractivity contribution in [2.75, 3.05) is 37.2 Å². The third-order valence-corrected chi connectivity index (χ3v) is 10.2. The van der Waals surface area contributed by atoms with E-state index < -0.39 is 25.6 Å². The van der Waals surface area contributed by atoms with E-state index in [1.54, 1.807) is 30.3 Å². The lowest BCUT2D eigenvalue weighted by Gasteiger charge is -2.46. The summed E-state index contributed by atoms with van der Waals surface area (Å²) in [5, 5.41) is 0.779. The maximum absolute atomic E-state index is 13.4. The van der Waals surface area contributed by atoms with E-state index in [-0.39, 0.29) is 17.4 Å². The summed E-state index contributed by atoms with van der Waals surface area (Å²) < 4.78 is 59.7. The van der Waals surface area contributed by atoms with Crippen molar-refractivity contribution in [2.24, 2.45) is 0 Å². The van der Waals surface area contributed by atoms with E-state index in [0.717, 1.165) is 35.6 Å². The smallest absolute Gasteiger partial charge is 0.248 e. The summed E-state index contributed by atoms with van der Waals surface area (Å²) in [5.74, 6) is 0.0363. The van der Waals surface area contributed by atoms with Crippen LogP contribution >= 0.6 is 0 Å². The Labute approximate surface area is 228 Å². The lowest BCUT2D eigenvalue weighted by molar-refractivity contribution is -0.170. The molecule has 3 fully saturated rings. The van der Waals surface area contributed by atoms with Crippen LogP contribution in [-0.4, -0.2) is 81.1 Å². The zero-order valence-electron chi connectivity index (χ0n) is 21.5. The quantitative estimate of drug-likeness (QED) is 0.483. The van der Waals surface area contributed by atoms with Crippen molar-refractivity contribution in [2.45, 2.75) is 42.2 Å². The number of piperidine rings is 1. The Hall–Kier alpha value is -3.06. The van der Waals surface area contributed by atoms with Crippen LogP contribution in [0, 0.1) is 0 Å². The second kappa shape index (κ2) is 9.54. The molecular formula is C27H30N4O6S2. The molecule has 1 aromatic heterocycles. The van der Waals surface area contributed by atoms with Gasteiger partial charge in [0, 0.05) is 24.5 Å². The van der Waals surface area contributed by atoms with Gasteiger partial charge >= 0.3 is 0 Å². The Balaban J connectivity index is 1.15. The average Bonchev–Trinajstić information content (AvgIpc) is 3.75. The molecule has 2 aliphatic heterocycles. The zero-order valence-corrected chi connectivity index (χ0v) is 23.2. The van der Waals surface area contributed by atoms with Crippen molar-refractivity contribution in [3.63, 3.8) is 0 Å². The highest BCUT2D eigenvalue weighted by molar-refractivity contribution is 7.92. The van der Waals surface area contributed by atoms with Crippen LogP contribution in [0.3, 0.4) is 0 Å². The number of carbonyl (C=O) groups is 1. The Kier molecular flexibility index (Phi) is 6.41. The molecule has 1 amide bonds. The van der Waals surface area contributed by atoms with Crippen LogP contribution in [0.15, 0.2) is 59.6 Å². The maximum atomic E-state index is 13.4. The number of hydrogen-bond acceptors (Lipinski definition) is 7. The third kappa shape index (κ3) is 5.38. The molecule has 2 saturated heterocycles. The summed E-state index contributed by atoms with van der Waals surface area (Å²) in [4.78, 5) is 18.8. The Morgan fingerprint density at radius 1 is 0.974 bits per heavy atom. The van der Waals surface area contributed by atoms with Gasteiger partial charge in [-0.1, -0.05) is 24.3 Å². The van der Waals surface area contributed by atoms with E-state index in [0.29, 0.717) is 49.7 Å². The van der Waals surface area contributed by atoms with Gasteiger partial charge in [-0.15, -0.1) is 0 Å². The summed E-state index contributed by atoms with van der Waals surface area (Å²) in [6.45, 7) is 1.33. The number of pyridine rings is 1. The Morgan fingerprint density at radius 2 is 1.67 bits per heavy atom. The number of ether oxygens (including phenoxy) is 1. The van der Waals surface area contributed by atoms with Gasteiger partial charge in [0.05, 0.1) is 40.7 Å². The average molecular weight is 571 g/mol. The summed E-state index contributed by atoms with van der Waals surface area (Å²) in [6.07, 6.45) is 5.75. The molecule has 1 aliphatic carbocycles. The molecule has 3 aliphatic rings. The van der Waals surface area contributed by atoms with E-state index in [9.17, 15) is 21.6 Å². The van der Waals surface area contributed by atoms with Crippen molar-refractivity contribution in [3.05, 3.63) is 54.7 Å². The summed E-state index contributed by atoms with van der Waals surface area (Å²) in [7, 11) is -7.07. The highest BCUT2D eigenvalue weighted by Crippen LogP contribution is 2.37. The molecule has 6 rings (SSSR count). The van der Waals surface area contributed by atoms with Crippen molar-refractivity contribution >= 4 is 42.5 Å². The third-order valence-electron chi connectivity index (χ3n) is 7.71. The highest BCUT2D eigenvalue weighted by atomic mass is 32.2. The first kappa shape index (κ1) is 26.2. The van der Waals surface area contributed by atoms with E-state index in [2.05, 4.69) is 9.71 Å². The van der Waals surface area contributed by atoms with Gasteiger partial charge in [0.25, 0.3) is 0 Å². The molecule has 206 valence electrons. The number of nitrogens with one attached hydrogen (secondary N) is 1. The SMILES string of the molecule is CS(=O)(=O)Nc1cnc2cc(-c3ccc(S(=O)(=O)N4CCC5(CC4)CN(C4CC4)C(=O)CO5)cc3)ccc2c1. The standard InChI is InChI=1S/C27H30N4O6S2/c1-38(33,34)29-22-14-21-3-2-20(15-25(21)28-16-22)19-4-8-24(9-5-19)39(35,36)30-12-10-27(11-13-30)18-31(23-6-7-23)26(32)17-37-27/h2-5,8-9,14-16,23,29H,6-7,10-13,17-18H2,1H3. The largest absolute Gasteiger partial charge is 0.363 e. The Bertz CT molecular complexity index is 1650. The number of aromatic nitrogens is 1. The van der Waals surface area contributed by atoms with Gasteiger partial charge in [-0.2, -0.15) is 4.31 Å². The van der Waals surface area contributed by atoms with Gasteiger partial charge in [0.1, 0.15) is 6.61 Å². The summed E-state index contributed by atoms with van der Waals surface area (Å²) in [5.41, 5.74) is 2.33. The van der Waals surface area contributed by atoms with Crippen LogP contribution < -0.4 is 4.72 Å². The van der Waals surface area contributed by atoms with Crippen molar-refractivity contribution < 1.29 is 26.4 Å². The minimum atomic E-state index is -3.67. The highest BCUT2D eigenvalue weighted by Gasteiger charge is 2.47. The minimum Gasteiger partial charge on any atom is -0.363 e. The molecular weight excluding hydrogens is 540 g/mol. The van der Waals surface area contributed by atoms with Crippen molar-refractivity contribution in [1.29, 1.82) is 0 Å². The second-order valence-corrected chi connectivity index (χ2v) is 14.3. The number of nitrogens with zero attached hydrogens (tertiary/aromatic N) is 3. The maximum Gasteiger partial charge on any atom is 0.248 e. The summed E-state index contributed by atoms with van der Waals surface area (Å²) >= 11 is 0. The van der Waals surface area contributed by atoms with Gasteiger partial charge in [0.15, 0.2) is 0 Å². The minimum absolute atomic E-state index is 0.0363. The number of fused-ring (bicyclic) bond motifs is 1. The van der Waals surface area contributed by atoms with Crippen LogP contribution in [-0.2, 0) is 29.6 Å². The number of amides is 1. The number of morpholine rings is 1. The number of benzene rings is 2. The van der Waals surface area contributed by atoms with Gasteiger partial charge in [-0.25, -0.2) is 16.8 Å². The number of anilines is 1. The molecule has 3 aromatic rings. The van der Waals surface area contributed by atoms with E-state index in [1.807, 2.05) is 23.1 Å². The molecule has 0 atom stereocenters. The predicted octanol–water partition coefficient (Wildman–Crippen LogP) is 2.82. The molecule has 1 spiro atoms. The van der Waals surface area contributed by atoms with Crippen LogP contribution in [0.2, 0.25) is 0 Å². The fraction of sp³-hybridized carbons (Fsp3) is 0.407. The first-order chi connectivity index (χ1) is 18.5. The van der Waals surface area contributed by atoms with Gasteiger partial charge in [0.2, 0.25) is 26.0 Å². The zero-order chi connectivity index (χ0) is 27.4. The first-order valence-electron chi connectivity index (χ1n) is 12.9. The van der Waals surface area contributed by atoms with E-state index in [4.69, 9.17) is 4.74 Å². The van der Waals surface area contributed by atoms with Gasteiger partial charge < -0.3 is 9.64 Å². The van der Waals surface area contributed by atoms with Crippen LogP contribution in [0.25, 0.3) is 22.0 Å². The lowest BCUT2D eigenvalue weighted by atomic mass is 9.90. The number of carbonyl (C=O) groups excluding carboxylic acids is 1. The molecule has 0 bridgehead atoms. The molecule has 12 heteroatoms. The van der Waals surface area contributed by atoms with E-state index in [1.165, 1.54) is 10.5 Å². The number of sulfonamides is 2. The van der Waals surface area contributed by atoms with Crippen molar-refractivity contribution in [3.8, 4) is 11.1 Å². The number of rotatable bonds is 6. The van der Waals surface area contributed by atoms with Gasteiger partial charge in [-0.05, 0) is 61.1 Å². The molecule has 0 unspecified atom stereocenters. The molecule has 39 heavy (non-hydrogen) atoms. The van der Waals surface area contributed by atoms with Crippen LogP contribution in [0.1, 0.15) is 25.7 Å². The lowest BCUT2D eigenvalue weighted by Crippen LogP contribution is -2.59. The fourth-order valence-electron chi connectivity index (χ4n) is 5.44. The predicted molar refractivity (Wildman–Crippen MR) is 147 cm³/mol. The second-order valence-electron chi connectivity index (χ2n) is 10.7. The number of hydrogen-bond donors (Lipinski definition) is 1. The monoisotopic (exact) mass is 570 g/mol. The fourth-order valence-corrected chi connectivity index (χ4v) is 7.42. The van der Waals surface area contributed by atoms with Gasteiger partial charge in [-0.3, -0.25) is 14.5 Å². The normalized spacial score (nSPS) is 20.4.